The van der Waals surface area contributed by atoms with E-state index in [9.17, 15) is 14.8 Å². The zero-order valence-corrected chi connectivity index (χ0v) is 20.4. The highest BCUT2D eigenvalue weighted by atomic mass is 16.4. The van der Waals surface area contributed by atoms with Crippen LogP contribution in [0.5, 0.6) is 0 Å². The van der Waals surface area contributed by atoms with Gasteiger partial charge < -0.3 is 10.5 Å². The number of aromatic nitrogens is 2. The Bertz CT molecular complexity index is 1460. The molecule has 0 radical (unpaired) electrons. The van der Waals surface area contributed by atoms with Crippen molar-refractivity contribution in [2.75, 3.05) is 5.32 Å². The van der Waals surface area contributed by atoms with E-state index in [4.69, 9.17) is 0 Å². The molecule has 0 saturated carbocycles. The monoisotopic (exact) mass is 493 g/mol. The summed E-state index contributed by atoms with van der Waals surface area (Å²) in [7, 11) is 0. The molecule has 1 unspecified atom stereocenters. The van der Waals surface area contributed by atoms with Gasteiger partial charge in [0, 0.05) is 30.2 Å². The molecule has 0 saturated heterocycles. The fraction of sp³-hybridized carbons (Fsp3) is 0.172. The first kappa shape index (κ1) is 24.1. The number of fused-ring (bicyclic) bond motifs is 1. The number of carbonyl (C=O) groups is 2. The summed E-state index contributed by atoms with van der Waals surface area (Å²) in [5.74, 6) is -0.182. The van der Waals surface area contributed by atoms with E-state index in [-0.39, 0.29) is 18.2 Å². The number of oxime groups is 1. The Morgan fingerprint density at radius 3 is 2.65 bits per heavy atom. The lowest BCUT2D eigenvalue weighted by molar-refractivity contribution is -0.121. The van der Waals surface area contributed by atoms with E-state index in [1.165, 1.54) is 0 Å². The normalized spacial score (nSPS) is 14.8. The molecule has 3 N–H and O–H groups in total. The lowest BCUT2D eigenvalue weighted by Crippen LogP contribution is -2.25. The van der Waals surface area contributed by atoms with E-state index < -0.39 is 6.04 Å². The van der Waals surface area contributed by atoms with Crippen molar-refractivity contribution >= 4 is 23.1 Å². The Morgan fingerprint density at radius 1 is 1.11 bits per heavy atom. The molecule has 1 atom stereocenters. The summed E-state index contributed by atoms with van der Waals surface area (Å²) in [4.78, 5) is 26.1. The molecule has 8 nitrogen and oxygen atoms in total. The minimum Gasteiger partial charge on any atom is -0.411 e. The van der Waals surface area contributed by atoms with Crippen LogP contribution >= 0.6 is 0 Å². The molecule has 2 heterocycles. The van der Waals surface area contributed by atoms with Crippen molar-refractivity contribution in [2.24, 2.45) is 5.16 Å². The molecule has 1 aliphatic heterocycles. The van der Waals surface area contributed by atoms with Crippen LogP contribution in [0.3, 0.4) is 0 Å². The molecule has 0 fully saturated rings. The largest absolute Gasteiger partial charge is 0.411 e. The fourth-order valence-electron chi connectivity index (χ4n) is 4.68. The van der Waals surface area contributed by atoms with Gasteiger partial charge in [0.05, 0.1) is 11.8 Å². The minimum atomic E-state index is -0.392. The molecule has 0 spiro atoms. The number of hydrogen-bond donors (Lipinski definition) is 3. The molecule has 8 heteroatoms. The predicted octanol–water partition coefficient (Wildman–Crippen LogP) is 4.80. The Kier molecular flexibility index (Phi) is 6.91. The maximum atomic E-state index is 13.3. The number of rotatable bonds is 8. The number of benzene rings is 3. The third kappa shape index (κ3) is 5.05. The number of ketones is 1. The quantitative estimate of drug-likeness (QED) is 0.186. The van der Waals surface area contributed by atoms with Crippen molar-refractivity contribution in [1.82, 2.24) is 15.1 Å². The van der Waals surface area contributed by atoms with Gasteiger partial charge in [0.25, 0.3) is 5.91 Å². The first-order chi connectivity index (χ1) is 18.1. The van der Waals surface area contributed by atoms with E-state index >= 15 is 0 Å². The summed E-state index contributed by atoms with van der Waals surface area (Å²) in [5, 5.41) is 22.9. The van der Waals surface area contributed by atoms with Crippen molar-refractivity contribution in [3.63, 3.8) is 0 Å². The summed E-state index contributed by atoms with van der Waals surface area (Å²) >= 11 is 0. The maximum absolute atomic E-state index is 13.3. The second-order valence-corrected chi connectivity index (χ2v) is 8.87. The number of anilines is 1. The number of amides is 1. The van der Waals surface area contributed by atoms with E-state index in [0.29, 0.717) is 29.9 Å². The molecule has 37 heavy (non-hydrogen) atoms. The molecular formula is C29H27N5O3. The minimum absolute atomic E-state index is 0.0375. The number of hydrogen-bond acceptors (Lipinski definition) is 6. The maximum Gasteiger partial charge on any atom is 0.256 e. The van der Waals surface area contributed by atoms with Gasteiger partial charge in [-0.1, -0.05) is 60.6 Å². The molecule has 1 aromatic heterocycles. The Labute approximate surface area is 214 Å². The van der Waals surface area contributed by atoms with Gasteiger partial charge in [-0.2, -0.15) is 5.10 Å². The molecule has 1 amide bonds. The van der Waals surface area contributed by atoms with Crippen LogP contribution < -0.4 is 10.6 Å². The first-order valence-corrected chi connectivity index (χ1v) is 12.2. The lowest BCUT2D eigenvalue weighted by Gasteiger charge is -2.13. The highest BCUT2D eigenvalue weighted by Gasteiger charge is 2.28. The van der Waals surface area contributed by atoms with Gasteiger partial charge in [-0.15, -0.1) is 0 Å². The van der Waals surface area contributed by atoms with Crippen molar-refractivity contribution < 1.29 is 14.8 Å². The van der Waals surface area contributed by atoms with Crippen LogP contribution in [0.15, 0.2) is 90.3 Å². The molecule has 4 aromatic rings. The Balaban J connectivity index is 1.33. The van der Waals surface area contributed by atoms with Crippen molar-refractivity contribution in [3.8, 4) is 11.1 Å². The molecule has 3 aromatic carbocycles. The van der Waals surface area contributed by atoms with Crippen molar-refractivity contribution in [3.05, 3.63) is 107 Å². The van der Waals surface area contributed by atoms with Gasteiger partial charge in [0.15, 0.2) is 5.78 Å². The molecule has 0 aliphatic carbocycles. The van der Waals surface area contributed by atoms with Crippen LogP contribution in [0.2, 0.25) is 0 Å². The van der Waals surface area contributed by atoms with Crippen molar-refractivity contribution in [2.45, 2.75) is 32.5 Å². The van der Waals surface area contributed by atoms with Gasteiger partial charge in [-0.05, 0) is 58.5 Å². The third-order valence-corrected chi connectivity index (χ3v) is 6.56. The van der Waals surface area contributed by atoms with Crippen LogP contribution in [0.1, 0.15) is 46.4 Å². The van der Waals surface area contributed by atoms with Gasteiger partial charge >= 0.3 is 0 Å². The molecule has 1 aliphatic rings. The SMILES string of the molecule is CCC(=NO)c1ccc(-c2ccccc2C(=O)Nc2ccc3c(c2)CNC3C(=O)Cn2cccn2)cc1. The summed E-state index contributed by atoms with van der Waals surface area (Å²) in [6.45, 7) is 2.68. The van der Waals surface area contributed by atoms with Crippen LogP contribution in [0, 0.1) is 0 Å². The smallest absolute Gasteiger partial charge is 0.256 e. The second-order valence-electron chi connectivity index (χ2n) is 8.87. The van der Waals surface area contributed by atoms with E-state index in [0.717, 1.165) is 27.8 Å². The third-order valence-electron chi connectivity index (χ3n) is 6.56. The van der Waals surface area contributed by atoms with E-state index in [1.807, 2.05) is 67.6 Å². The fourth-order valence-corrected chi connectivity index (χ4v) is 4.68. The zero-order chi connectivity index (χ0) is 25.8. The first-order valence-electron chi connectivity index (χ1n) is 12.2. The zero-order valence-electron chi connectivity index (χ0n) is 20.4. The van der Waals surface area contributed by atoms with Gasteiger partial charge in [-0.3, -0.25) is 19.6 Å². The predicted molar refractivity (Wildman–Crippen MR) is 142 cm³/mol. The standard InChI is InChI=1S/C29H27N5O3/c1-2-26(33-37)20-10-8-19(9-11-20)23-6-3-4-7-25(23)29(36)32-22-12-13-24-21(16-22)17-30-28(24)27(35)18-34-15-5-14-31-34/h3-16,28,30,37H,2,17-18H2,1H3,(H,32,36). The molecule has 5 rings (SSSR count). The van der Waals surface area contributed by atoms with Crippen LogP contribution in [0.25, 0.3) is 11.1 Å². The van der Waals surface area contributed by atoms with Gasteiger partial charge in [0.1, 0.15) is 6.54 Å². The summed E-state index contributed by atoms with van der Waals surface area (Å²) in [6.07, 6.45) is 4.04. The highest BCUT2D eigenvalue weighted by Crippen LogP contribution is 2.30. The van der Waals surface area contributed by atoms with Crippen molar-refractivity contribution in [1.29, 1.82) is 0 Å². The topological polar surface area (TPSA) is 109 Å². The van der Waals surface area contributed by atoms with Crippen LogP contribution in [-0.2, 0) is 17.9 Å². The summed E-state index contributed by atoms with van der Waals surface area (Å²) in [6, 6.07) is 22.1. The van der Waals surface area contributed by atoms with Gasteiger partial charge in [-0.25, -0.2) is 0 Å². The van der Waals surface area contributed by atoms with E-state index in [2.05, 4.69) is 20.9 Å². The van der Waals surface area contributed by atoms with Crippen LogP contribution in [-0.4, -0.2) is 32.4 Å². The molecule has 186 valence electrons. The summed E-state index contributed by atoms with van der Waals surface area (Å²) < 4.78 is 1.62. The molecule has 0 bridgehead atoms. The number of nitrogens with one attached hydrogen (secondary N) is 2. The van der Waals surface area contributed by atoms with E-state index in [1.54, 1.807) is 29.2 Å². The van der Waals surface area contributed by atoms with Crippen LogP contribution in [0.4, 0.5) is 5.69 Å². The number of Topliss-reactive ketones (excluding diaryl/α,β-unsaturated/α-hetero) is 1. The number of carbonyl (C=O) groups excluding carboxylic acids is 2. The highest BCUT2D eigenvalue weighted by molar-refractivity contribution is 6.09. The Hall–Kier alpha value is -4.56. The van der Waals surface area contributed by atoms with Gasteiger partial charge in [0.2, 0.25) is 0 Å². The summed E-state index contributed by atoms with van der Waals surface area (Å²) in [5.41, 5.74) is 6.26. The second kappa shape index (κ2) is 10.6. The lowest BCUT2D eigenvalue weighted by atomic mass is 9.97. The average Bonchev–Trinajstić information content (AvgIpc) is 3.59. The average molecular weight is 494 g/mol. The number of nitrogens with zero attached hydrogens (tertiary/aromatic N) is 3. The molecular weight excluding hydrogens is 466 g/mol. The Morgan fingerprint density at radius 2 is 1.92 bits per heavy atom.